The summed E-state index contributed by atoms with van der Waals surface area (Å²) in [6.07, 6.45) is 3.85. The van der Waals surface area contributed by atoms with Crippen LogP contribution < -0.4 is 16.0 Å². The summed E-state index contributed by atoms with van der Waals surface area (Å²) in [6, 6.07) is 4.42. The average Bonchev–Trinajstić information content (AvgIpc) is 3.18. The number of aryl methyl sites for hydroxylation is 1. The second-order valence-electron chi connectivity index (χ2n) is 7.76. The van der Waals surface area contributed by atoms with E-state index in [-0.39, 0.29) is 41.2 Å². The van der Waals surface area contributed by atoms with E-state index in [0.717, 1.165) is 25.7 Å². The number of amides is 2. The average molecular weight is 533 g/mol. The second-order valence-corrected chi connectivity index (χ2v) is 7.76. The number of hydrogen-bond acceptors (Lipinski definition) is 3. The van der Waals surface area contributed by atoms with Crippen molar-refractivity contribution in [3.05, 3.63) is 35.1 Å². The molecule has 0 spiro atoms. The molecule has 1 saturated carbocycles. The maximum Gasteiger partial charge on any atom is 0.251 e. The molecule has 2 rings (SSSR count). The Morgan fingerprint density at radius 1 is 1.13 bits per heavy atom. The van der Waals surface area contributed by atoms with Gasteiger partial charge in [0.25, 0.3) is 5.91 Å². The fraction of sp³-hybridized carbons (Fsp3) is 0.571. The zero-order valence-electron chi connectivity index (χ0n) is 18.2. The molecule has 0 unspecified atom stereocenters. The van der Waals surface area contributed by atoms with Crippen LogP contribution in [0.5, 0.6) is 0 Å². The quantitative estimate of drug-likeness (QED) is 0.217. The summed E-state index contributed by atoms with van der Waals surface area (Å²) in [7, 11) is 5.24. The molecule has 9 heteroatoms. The molecule has 0 heterocycles. The van der Waals surface area contributed by atoms with Crippen LogP contribution in [0.15, 0.2) is 23.2 Å². The predicted molar refractivity (Wildman–Crippen MR) is 128 cm³/mol. The fourth-order valence-electron chi connectivity index (χ4n) is 3.66. The first-order valence-corrected chi connectivity index (χ1v) is 10.00. The highest BCUT2D eigenvalue weighted by molar-refractivity contribution is 14.0. The van der Waals surface area contributed by atoms with Crippen LogP contribution in [-0.2, 0) is 4.79 Å². The van der Waals surface area contributed by atoms with Crippen LogP contribution in [-0.4, -0.2) is 63.5 Å². The Morgan fingerprint density at radius 3 is 2.33 bits per heavy atom. The third-order valence-electron chi connectivity index (χ3n) is 5.38. The lowest BCUT2D eigenvalue weighted by Crippen LogP contribution is -2.50. The first-order chi connectivity index (χ1) is 13.8. The molecule has 0 aliphatic heterocycles. The van der Waals surface area contributed by atoms with Crippen molar-refractivity contribution in [1.29, 1.82) is 0 Å². The van der Waals surface area contributed by atoms with Crippen LogP contribution in [0.3, 0.4) is 0 Å². The largest absolute Gasteiger partial charge is 0.355 e. The minimum Gasteiger partial charge on any atom is -0.355 e. The minimum absolute atomic E-state index is 0. The monoisotopic (exact) mass is 533 g/mol. The van der Waals surface area contributed by atoms with Gasteiger partial charge in [-0.3, -0.25) is 14.6 Å². The molecule has 1 aliphatic carbocycles. The molecule has 1 aromatic carbocycles. The number of benzene rings is 1. The van der Waals surface area contributed by atoms with Crippen LogP contribution in [0.1, 0.15) is 41.6 Å². The minimum atomic E-state index is -0.395. The molecule has 1 fully saturated rings. The Hall–Kier alpha value is -1.91. The van der Waals surface area contributed by atoms with E-state index >= 15 is 0 Å². The topological polar surface area (TPSA) is 85.8 Å². The number of rotatable bonds is 7. The van der Waals surface area contributed by atoms with Gasteiger partial charge in [0.1, 0.15) is 5.82 Å². The maximum absolute atomic E-state index is 13.6. The lowest BCUT2D eigenvalue weighted by molar-refractivity contribution is -0.138. The molecule has 1 aromatic rings. The summed E-state index contributed by atoms with van der Waals surface area (Å²) in [5.74, 6) is 0.0117. The van der Waals surface area contributed by atoms with E-state index in [9.17, 15) is 14.0 Å². The molecule has 7 nitrogen and oxygen atoms in total. The molecule has 0 bridgehead atoms. The van der Waals surface area contributed by atoms with Crippen molar-refractivity contribution in [2.24, 2.45) is 10.4 Å². The number of nitrogens with zero attached hydrogens (tertiary/aromatic N) is 2. The third kappa shape index (κ3) is 6.82. The third-order valence-corrected chi connectivity index (χ3v) is 5.38. The van der Waals surface area contributed by atoms with Crippen molar-refractivity contribution in [2.45, 2.75) is 32.6 Å². The predicted octanol–water partition coefficient (Wildman–Crippen LogP) is 2.30. The molecular weight excluding hydrogens is 500 g/mol. The lowest BCUT2D eigenvalue weighted by atomic mass is 9.84. The summed E-state index contributed by atoms with van der Waals surface area (Å²) in [6.45, 7) is 2.99. The van der Waals surface area contributed by atoms with Crippen LogP contribution in [0, 0.1) is 18.2 Å². The highest BCUT2D eigenvalue weighted by atomic mass is 127. The lowest BCUT2D eigenvalue weighted by Gasteiger charge is -2.31. The number of carbonyl (C=O) groups excluding carboxylic acids is 2. The first-order valence-electron chi connectivity index (χ1n) is 10.00. The Kier molecular flexibility index (Phi) is 10.5. The molecule has 0 aromatic heterocycles. The van der Waals surface area contributed by atoms with Crippen molar-refractivity contribution < 1.29 is 14.0 Å². The number of halogens is 2. The van der Waals surface area contributed by atoms with E-state index in [1.165, 1.54) is 6.07 Å². The fourth-order valence-corrected chi connectivity index (χ4v) is 3.66. The number of guanidine groups is 1. The highest BCUT2D eigenvalue weighted by Crippen LogP contribution is 2.38. The SMILES string of the molecule is CN=C(NCCNC(=O)c1ccc(C)c(F)c1)NCC1(C(=O)N(C)C)CCCC1.I. The van der Waals surface area contributed by atoms with Crippen LogP contribution in [0.2, 0.25) is 0 Å². The van der Waals surface area contributed by atoms with Gasteiger partial charge in [0.2, 0.25) is 5.91 Å². The maximum atomic E-state index is 13.6. The molecule has 2 amide bonds. The van der Waals surface area contributed by atoms with Gasteiger partial charge < -0.3 is 20.9 Å². The van der Waals surface area contributed by atoms with Gasteiger partial charge in [0.15, 0.2) is 5.96 Å². The summed E-state index contributed by atoms with van der Waals surface area (Å²) in [4.78, 5) is 30.6. The van der Waals surface area contributed by atoms with E-state index in [1.54, 1.807) is 45.1 Å². The van der Waals surface area contributed by atoms with Crippen molar-refractivity contribution >= 4 is 41.8 Å². The highest BCUT2D eigenvalue weighted by Gasteiger charge is 2.42. The van der Waals surface area contributed by atoms with Gasteiger partial charge in [-0.1, -0.05) is 18.9 Å². The van der Waals surface area contributed by atoms with Gasteiger partial charge in [-0.05, 0) is 37.5 Å². The van der Waals surface area contributed by atoms with E-state index in [2.05, 4.69) is 20.9 Å². The number of nitrogens with one attached hydrogen (secondary N) is 3. The Balaban J connectivity index is 0.00000450. The zero-order valence-corrected chi connectivity index (χ0v) is 20.5. The molecule has 0 radical (unpaired) electrons. The summed E-state index contributed by atoms with van der Waals surface area (Å²) in [5, 5.41) is 9.13. The van der Waals surface area contributed by atoms with Crippen molar-refractivity contribution in [3.8, 4) is 0 Å². The first kappa shape index (κ1) is 26.1. The molecule has 30 heavy (non-hydrogen) atoms. The molecule has 0 saturated heterocycles. The standard InChI is InChI=1S/C21H32FN5O2.HI/c1-15-7-8-16(13-17(15)22)18(28)24-11-12-25-20(23-2)26-14-21(9-5-6-10-21)19(29)27(3)4;/h7-8,13H,5-6,9-12,14H2,1-4H3,(H,24,28)(H2,23,25,26);1H. The van der Waals surface area contributed by atoms with E-state index in [1.807, 2.05) is 0 Å². The van der Waals surface area contributed by atoms with Crippen LogP contribution in [0.25, 0.3) is 0 Å². The summed E-state index contributed by atoms with van der Waals surface area (Å²) < 4.78 is 13.6. The number of carbonyl (C=O) groups is 2. The van der Waals surface area contributed by atoms with E-state index in [0.29, 0.717) is 36.7 Å². The van der Waals surface area contributed by atoms with Gasteiger partial charge in [-0.15, -0.1) is 24.0 Å². The molecule has 168 valence electrons. The molecule has 3 N–H and O–H groups in total. The molecular formula is C21H33FIN5O2. The van der Waals surface area contributed by atoms with E-state index in [4.69, 9.17) is 0 Å². The summed E-state index contributed by atoms with van der Waals surface area (Å²) in [5.41, 5.74) is 0.414. The van der Waals surface area contributed by atoms with Crippen molar-refractivity contribution in [3.63, 3.8) is 0 Å². The Bertz CT molecular complexity index is 764. The van der Waals surface area contributed by atoms with Crippen LogP contribution in [0.4, 0.5) is 4.39 Å². The van der Waals surface area contributed by atoms with Crippen molar-refractivity contribution in [2.75, 3.05) is 40.8 Å². The van der Waals surface area contributed by atoms with E-state index < -0.39 is 5.82 Å². The van der Waals surface area contributed by atoms with Crippen LogP contribution >= 0.6 is 24.0 Å². The Morgan fingerprint density at radius 2 is 1.77 bits per heavy atom. The number of hydrogen-bond donors (Lipinski definition) is 3. The van der Waals surface area contributed by atoms with Gasteiger partial charge in [0.05, 0.1) is 5.41 Å². The second kappa shape index (κ2) is 12.1. The van der Waals surface area contributed by atoms with Crippen molar-refractivity contribution in [1.82, 2.24) is 20.9 Å². The molecule has 0 atom stereocenters. The van der Waals surface area contributed by atoms with Gasteiger partial charge in [-0.2, -0.15) is 0 Å². The molecule has 1 aliphatic rings. The Labute approximate surface area is 195 Å². The number of aliphatic imine (C=N–C) groups is 1. The smallest absolute Gasteiger partial charge is 0.251 e. The van der Waals surface area contributed by atoms with Gasteiger partial charge in [-0.25, -0.2) is 4.39 Å². The zero-order chi connectivity index (χ0) is 21.4. The van der Waals surface area contributed by atoms with Gasteiger partial charge >= 0.3 is 0 Å². The summed E-state index contributed by atoms with van der Waals surface area (Å²) >= 11 is 0. The normalized spacial score (nSPS) is 15.2. The van der Waals surface area contributed by atoms with Gasteiger partial charge in [0, 0.05) is 46.3 Å².